The highest BCUT2D eigenvalue weighted by Gasteiger charge is 2.09. The number of pyridine rings is 1. The minimum absolute atomic E-state index is 0.181. The van der Waals surface area contributed by atoms with Gasteiger partial charge in [-0.2, -0.15) is 0 Å². The number of nitrogens with zero attached hydrogens (tertiary/aromatic N) is 1. The lowest BCUT2D eigenvalue weighted by molar-refractivity contribution is 0.576. The smallest absolute Gasteiger partial charge is 0.175 e. The van der Waals surface area contributed by atoms with Gasteiger partial charge in [-0.25, -0.2) is 8.42 Å². The van der Waals surface area contributed by atoms with E-state index in [1.165, 1.54) is 11.8 Å². The SMILES string of the molecule is CC(NCCc1ccncc1)c1ccc(S(C)(=O)=O)cc1. The zero-order valence-electron chi connectivity index (χ0n) is 12.3. The minimum Gasteiger partial charge on any atom is -0.310 e. The van der Waals surface area contributed by atoms with Crippen LogP contribution >= 0.6 is 0 Å². The molecule has 0 fully saturated rings. The van der Waals surface area contributed by atoms with Crippen molar-refractivity contribution in [3.63, 3.8) is 0 Å². The van der Waals surface area contributed by atoms with E-state index in [1.807, 2.05) is 24.3 Å². The van der Waals surface area contributed by atoms with Crippen molar-refractivity contribution in [3.05, 3.63) is 59.9 Å². The maximum Gasteiger partial charge on any atom is 0.175 e. The summed E-state index contributed by atoms with van der Waals surface area (Å²) < 4.78 is 22.8. The van der Waals surface area contributed by atoms with Gasteiger partial charge in [-0.15, -0.1) is 0 Å². The summed E-state index contributed by atoms with van der Waals surface area (Å²) in [5.41, 5.74) is 2.33. The average Bonchev–Trinajstić information content (AvgIpc) is 2.47. The van der Waals surface area contributed by atoms with Crippen LogP contribution in [-0.2, 0) is 16.3 Å². The Morgan fingerprint density at radius 1 is 1.10 bits per heavy atom. The molecule has 21 heavy (non-hydrogen) atoms. The Kier molecular flexibility index (Phi) is 5.09. The van der Waals surface area contributed by atoms with E-state index in [9.17, 15) is 8.42 Å². The van der Waals surface area contributed by atoms with Gasteiger partial charge in [0.05, 0.1) is 4.90 Å². The molecule has 0 saturated heterocycles. The van der Waals surface area contributed by atoms with Gasteiger partial charge in [0.15, 0.2) is 9.84 Å². The molecule has 112 valence electrons. The first kappa shape index (κ1) is 15.7. The fourth-order valence-electron chi connectivity index (χ4n) is 2.10. The molecule has 1 heterocycles. The van der Waals surface area contributed by atoms with Crippen LogP contribution in [0.4, 0.5) is 0 Å². The van der Waals surface area contributed by atoms with Crippen molar-refractivity contribution >= 4 is 9.84 Å². The van der Waals surface area contributed by atoms with Crippen molar-refractivity contribution in [2.24, 2.45) is 0 Å². The monoisotopic (exact) mass is 304 g/mol. The second kappa shape index (κ2) is 6.83. The van der Waals surface area contributed by atoms with Gasteiger partial charge in [0.1, 0.15) is 0 Å². The summed E-state index contributed by atoms with van der Waals surface area (Å²) in [6.07, 6.45) is 5.75. The fraction of sp³-hybridized carbons (Fsp3) is 0.312. The molecule has 0 aliphatic heterocycles. The zero-order valence-corrected chi connectivity index (χ0v) is 13.1. The van der Waals surface area contributed by atoms with Gasteiger partial charge in [0.25, 0.3) is 0 Å². The van der Waals surface area contributed by atoms with Crippen molar-refractivity contribution in [3.8, 4) is 0 Å². The predicted molar refractivity (Wildman–Crippen MR) is 83.9 cm³/mol. The first-order valence-corrected chi connectivity index (χ1v) is 8.78. The highest BCUT2D eigenvalue weighted by Crippen LogP contribution is 2.16. The lowest BCUT2D eigenvalue weighted by Gasteiger charge is -2.14. The maximum atomic E-state index is 11.4. The Balaban J connectivity index is 1.90. The summed E-state index contributed by atoms with van der Waals surface area (Å²) in [4.78, 5) is 4.35. The van der Waals surface area contributed by atoms with E-state index >= 15 is 0 Å². The van der Waals surface area contributed by atoms with Gasteiger partial charge in [-0.05, 0) is 55.3 Å². The number of rotatable bonds is 6. The van der Waals surface area contributed by atoms with Crippen molar-refractivity contribution in [2.75, 3.05) is 12.8 Å². The molecule has 1 unspecified atom stereocenters. The molecule has 1 atom stereocenters. The van der Waals surface area contributed by atoms with Crippen LogP contribution in [0.15, 0.2) is 53.7 Å². The lowest BCUT2D eigenvalue weighted by atomic mass is 10.1. The van der Waals surface area contributed by atoms with E-state index in [2.05, 4.69) is 17.2 Å². The van der Waals surface area contributed by atoms with Crippen LogP contribution in [0.5, 0.6) is 0 Å². The van der Waals surface area contributed by atoms with E-state index in [0.717, 1.165) is 18.5 Å². The Morgan fingerprint density at radius 2 is 1.71 bits per heavy atom. The van der Waals surface area contributed by atoms with E-state index in [-0.39, 0.29) is 6.04 Å². The molecule has 1 N–H and O–H groups in total. The summed E-state index contributed by atoms with van der Waals surface area (Å²) in [5.74, 6) is 0. The highest BCUT2D eigenvalue weighted by atomic mass is 32.2. The third-order valence-corrected chi connectivity index (χ3v) is 4.55. The molecule has 2 rings (SSSR count). The average molecular weight is 304 g/mol. The molecular formula is C16H20N2O2S. The van der Waals surface area contributed by atoms with Crippen molar-refractivity contribution in [1.82, 2.24) is 10.3 Å². The summed E-state index contributed by atoms with van der Waals surface area (Å²) >= 11 is 0. The van der Waals surface area contributed by atoms with Crippen molar-refractivity contribution in [1.29, 1.82) is 0 Å². The number of benzene rings is 1. The number of aromatic nitrogens is 1. The van der Waals surface area contributed by atoms with Crippen LogP contribution in [0.2, 0.25) is 0 Å². The van der Waals surface area contributed by atoms with Gasteiger partial charge in [-0.3, -0.25) is 4.98 Å². The third-order valence-electron chi connectivity index (χ3n) is 3.42. The Morgan fingerprint density at radius 3 is 2.29 bits per heavy atom. The standard InChI is InChI=1S/C16H20N2O2S/c1-13(18-12-9-14-7-10-17-11-8-14)15-3-5-16(6-4-15)21(2,19)20/h3-8,10-11,13,18H,9,12H2,1-2H3. The molecule has 1 aromatic carbocycles. The van der Waals surface area contributed by atoms with Gasteiger partial charge in [0, 0.05) is 24.7 Å². The second-order valence-electron chi connectivity index (χ2n) is 5.12. The van der Waals surface area contributed by atoms with Crippen LogP contribution in [0, 0.1) is 0 Å². The number of hydrogen-bond acceptors (Lipinski definition) is 4. The normalized spacial score (nSPS) is 13.0. The molecule has 0 saturated carbocycles. The van der Waals surface area contributed by atoms with E-state index < -0.39 is 9.84 Å². The summed E-state index contributed by atoms with van der Waals surface area (Å²) in [5, 5.41) is 3.44. The largest absolute Gasteiger partial charge is 0.310 e. The lowest BCUT2D eigenvalue weighted by Crippen LogP contribution is -2.21. The second-order valence-corrected chi connectivity index (χ2v) is 7.14. The Bertz CT molecular complexity index is 667. The molecule has 0 radical (unpaired) electrons. The van der Waals surface area contributed by atoms with Crippen molar-refractivity contribution in [2.45, 2.75) is 24.3 Å². The highest BCUT2D eigenvalue weighted by molar-refractivity contribution is 7.90. The maximum absolute atomic E-state index is 11.4. The number of nitrogens with one attached hydrogen (secondary N) is 1. The number of hydrogen-bond donors (Lipinski definition) is 1. The molecule has 0 bridgehead atoms. The molecule has 0 amide bonds. The van der Waals surface area contributed by atoms with E-state index in [1.54, 1.807) is 24.5 Å². The molecule has 1 aromatic heterocycles. The van der Waals surface area contributed by atoms with Crippen LogP contribution in [0.1, 0.15) is 24.1 Å². The first-order valence-electron chi connectivity index (χ1n) is 6.89. The fourth-order valence-corrected chi connectivity index (χ4v) is 2.73. The molecule has 0 aliphatic rings. The third kappa shape index (κ3) is 4.65. The molecule has 5 heteroatoms. The van der Waals surface area contributed by atoms with Gasteiger partial charge in [-0.1, -0.05) is 12.1 Å². The van der Waals surface area contributed by atoms with E-state index in [4.69, 9.17) is 0 Å². The minimum atomic E-state index is -3.12. The molecule has 2 aromatic rings. The molecule has 0 spiro atoms. The van der Waals surface area contributed by atoms with Crippen LogP contribution in [0.25, 0.3) is 0 Å². The number of sulfone groups is 1. The van der Waals surface area contributed by atoms with Crippen LogP contribution < -0.4 is 5.32 Å². The zero-order chi connectivity index (χ0) is 15.3. The molecule has 0 aliphatic carbocycles. The first-order chi connectivity index (χ1) is 9.97. The summed E-state index contributed by atoms with van der Waals surface area (Å²) in [7, 11) is -3.12. The predicted octanol–water partition coefficient (Wildman–Crippen LogP) is 2.38. The van der Waals surface area contributed by atoms with Gasteiger partial charge >= 0.3 is 0 Å². The van der Waals surface area contributed by atoms with Gasteiger partial charge in [0.2, 0.25) is 0 Å². The Hall–Kier alpha value is -1.72. The summed E-state index contributed by atoms with van der Waals surface area (Å²) in [6, 6.07) is 11.2. The Labute approximate surface area is 126 Å². The van der Waals surface area contributed by atoms with Crippen molar-refractivity contribution < 1.29 is 8.42 Å². The van der Waals surface area contributed by atoms with E-state index in [0.29, 0.717) is 4.90 Å². The molecule has 4 nitrogen and oxygen atoms in total. The summed E-state index contributed by atoms with van der Waals surface area (Å²) in [6.45, 7) is 2.93. The van der Waals surface area contributed by atoms with Gasteiger partial charge < -0.3 is 5.32 Å². The quantitative estimate of drug-likeness (QED) is 0.890. The van der Waals surface area contributed by atoms with Crippen LogP contribution in [0.3, 0.4) is 0 Å². The topological polar surface area (TPSA) is 59.1 Å². The van der Waals surface area contributed by atoms with Crippen LogP contribution in [-0.4, -0.2) is 26.2 Å². The molecular weight excluding hydrogens is 284 g/mol.